The molecule has 0 aromatic carbocycles. The van der Waals surface area contributed by atoms with Crippen molar-refractivity contribution in [3.63, 3.8) is 0 Å². The van der Waals surface area contributed by atoms with Gasteiger partial charge in [0.1, 0.15) is 16.6 Å². The quantitative estimate of drug-likeness (QED) is 0.624. The Kier molecular flexibility index (Phi) is 4.90. The van der Waals surface area contributed by atoms with Gasteiger partial charge in [-0.15, -0.1) is 0 Å². The Hall–Kier alpha value is -1.82. The van der Waals surface area contributed by atoms with Crippen LogP contribution in [-0.4, -0.2) is 33.2 Å². The fourth-order valence-corrected chi connectivity index (χ4v) is 2.48. The van der Waals surface area contributed by atoms with E-state index in [1.165, 1.54) is 0 Å². The Morgan fingerprint density at radius 3 is 2.55 bits per heavy atom. The Balaban J connectivity index is 2.78. The smallest absolute Gasteiger partial charge is 0.358 e. The number of carbonyl (C=O) groups is 1. The van der Waals surface area contributed by atoms with Gasteiger partial charge in [-0.1, -0.05) is 18.5 Å². The minimum atomic E-state index is -0.465. The predicted octanol–water partition coefficient (Wildman–Crippen LogP) is 3.15. The Morgan fingerprint density at radius 2 is 2.00 bits per heavy atom. The van der Waals surface area contributed by atoms with E-state index in [2.05, 4.69) is 9.97 Å². The van der Waals surface area contributed by atoms with Crippen LogP contribution in [-0.2, 0) is 18.2 Å². The SMILES string of the molecule is CCOC(=O)c1c(OC(C)C)c2c(Cl)nc(CC)nc2n1C. The van der Waals surface area contributed by atoms with E-state index < -0.39 is 5.97 Å². The number of aryl methyl sites for hydroxylation is 2. The van der Waals surface area contributed by atoms with Crippen molar-refractivity contribution in [2.45, 2.75) is 40.2 Å². The predicted molar refractivity (Wildman–Crippen MR) is 84.6 cm³/mol. The third-order valence-electron chi connectivity index (χ3n) is 3.13. The Labute approximate surface area is 134 Å². The zero-order valence-electron chi connectivity index (χ0n) is 13.4. The largest absolute Gasteiger partial charge is 0.488 e. The lowest BCUT2D eigenvalue weighted by Crippen LogP contribution is -2.14. The van der Waals surface area contributed by atoms with Crippen molar-refractivity contribution in [3.05, 3.63) is 16.7 Å². The van der Waals surface area contributed by atoms with Gasteiger partial charge >= 0.3 is 5.97 Å². The summed E-state index contributed by atoms with van der Waals surface area (Å²) in [6.07, 6.45) is 0.524. The van der Waals surface area contributed by atoms with Crippen LogP contribution >= 0.6 is 11.6 Å². The van der Waals surface area contributed by atoms with E-state index in [9.17, 15) is 4.79 Å². The zero-order valence-corrected chi connectivity index (χ0v) is 14.2. The van der Waals surface area contributed by atoms with Crippen LogP contribution < -0.4 is 4.74 Å². The van der Waals surface area contributed by atoms with E-state index >= 15 is 0 Å². The molecule has 0 spiro atoms. The number of carbonyl (C=O) groups excluding carboxylic acids is 1. The summed E-state index contributed by atoms with van der Waals surface area (Å²) in [7, 11) is 1.74. The highest BCUT2D eigenvalue weighted by molar-refractivity contribution is 6.35. The minimum absolute atomic E-state index is 0.124. The van der Waals surface area contributed by atoms with Gasteiger partial charge in [0.2, 0.25) is 0 Å². The molecule has 6 nitrogen and oxygen atoms in total. The summed E-state index contributed by atoms with van der Waals surface area (Å²) < 4.78 is 12.6. The molecule has 0 atom stereocenters. The first-order valence-electron chi connectivity index (χ1n) is 7.29. The first-order chi connectivity index (χ1) is 10.4. The van der Waals surface area contributed by atoms with Crippen molar-refractivity contribution < 1.29 is 14.3 Å². The topological polar surface area (TPSA) is 66.2 Å². The molecule has 7 heteroatoms. The molecule has 2 rings (SSSR count). The van der Waals surface area contributed by atoms with Gasteiger partial charge in [-0.2, -0.15) is 0 Å². The minimum Gasteiger partial charge on any atom is -0.488 e. The Morgan fingerprint density at radius 1 is 1.32 bits per heavy atom. The van der Waals surface area contributed by atoms with E-state index in [0.717, 1.165) is 0 Å². The highest BCUT2D eigenvalue weighted by atomic mass is 35.5. The number of rotatable bonds is 5. The molecule has 0 amide bonds. The second-order valence-corrected chi connectivity index (χ2v) is 5.46. The summed E-state index contributed by atoms with van der Waals surface area (Å²) in [5, 5.41) is 0.821. The molecular weight excluding hydrogens is 306 g/mol. The first kappa shape index (κ1) is 16.5. The fourth-order valence-electron chi connectivity index (χ4n) is 2.22. The van der Waals surface area contributed by atoms with Gasteiger partial charge in [0.15, 0.2) is 11.4 Å². The number of ether oxygens (including phenoxy) is 2. The number of esters is 1. The molecule has 0 radical (unpaired) electrons. The summed E-state index contributed by atoms with van der Waals surface area (Å²) in [5.41, 5.74) is 0.866. The zero-order chi connectivity index (χ0) is 16.4. The van der Waals surface area contributed by atoms with E-state index in [1.807, 2.05) is 20.8 Å². The highest BCUT2D eigenvalue weighted by Gasteiger charge is 2.27. The van der Waals surface area contributed by atoms with E-state index in [0.29, 0.717) is 34.7 Å². The van der Waals surface area contributed by atoms with E-state index in [4.69, 9.17) is 21.1 Å². The number of hydrogen-bond donors (Lipinski definition) is 0. The van der Waals surface area contributed by atoms with Crippen LogP contribution in [0.15, 0.2) is 0 Å². The summed E-state index contributed by atoms with van der Waals surface area (Å²) >= 11 is 6.30. The third kappa shape index (κ3) is 2.88. The molecule has 0 bridgehead atoms. The van der Waals surface area contributed by atoms with Gasteiger partial charge in [0, 0.05) is 13.5 Å². The lowest BCUT2D eigenvalue weighted by atomic mass is 10.3. The van der Waals surface area contributed by atoms with E-state index in [1.54, 1.807) is 18.5 Å². The standard InChI is InChI=1S/C15H20ClN3O3/c1-6-9-17-13(16)10-12(22-8(3)4)11(15(20)21-7-2)19(5)14(10)18-9/h8H,6-7H2,1-5H3. The van der Waals surface area contributed by atoms with Crippen LogP contribution in [0.3, 0.4) is 0 Å². The second-order valence-electron chi connectivity index (χ2n) is 5.11. The van der Waals surface area contributed by atoms with Crippen molar-refractivity contribution >= 4 is 28.6 Å². The molecule has 2 aromatic heterocycles. The molecule has 0 saturated carbocycles. The lowest BCUT2D eigenvalue weighted by Gasteiger charge is -2.11. The van der Waals surface area contributed by atoms with Gasteiger partial charge in [-0.05, 0) is 20.8 Å². The van der Waals surface area contributed by atoms with Crippen molar-refractivity contribution in [1.82, 2.24) is 14.5 Å². The number of fused-ring (bicyclic) bond motifs is 1. The fraction of sp³-hybridized carbons (Fsp3) is 0.533. The maximum Gasteiger partial charge on any atom is 0.358 e. The molecule has 22 heavy (non-hydrogen) atoms. The third-order valence-corrected chi connectivity index (χ3v) is 3.40. The second kappa shape index (κ2) is 6.52. The van der Waals surface area contributed by atoms with Gasteiger partial charge in [0.25, 0.3) is 0 Å². The first-order valence-corrected chi connectivity index (χ1v) is 7.67. The van der Waals surface area contributed by atoms with Gasteiger partial charge in [-0.25, -0.2) is 14.8 Å². The lowest BCUT2D eigenvalue weighted by molar-refractivity contribution is 0.0509. The van der Waals surface area contributed by atoms with Gasteiger partial charge in [0.05, 0.1) is 18.1 Å². The van der Waals surface area contributed by atoms with Crippen molar-refractivity contribution in [3.8, 4) is 5.75 Å². The van der Waals surface area contributed by atoms with Crippen LogP contribution in [0.25, 0.3) is 11.0 Å². The number of hydrogen-bond acceptors (Lipinski definition) is 5. The molecule has 0 aliphatic rings. The summed E-state index contributed by atoms with van der Waals surface area (Å²) in [4.78, 5) is 21.0. The molecule has 0 saturated heterocycles. The molecule has 0 fully saturated rings. The average Bonchev–Trinajstić information content (AvgIpc) is 2.71. The maximum absolute atomic E-state index is 12.3. The monoisotopic (exact) mass is 325 g/mol. The van der Waals surface area contributed by atoms with Crippen molar-refractivity contribution in [1.29, 1.82) is 0 Å². The summed E-state index contributed by atoms with van der Waals surface area (Å²) in [6.45, 7) is 7.73. The summed E-state index contributed by atoms with van der Waals surface area (Å²) in [5.74, 6) is 0.524. The molecule has 2 aromatic rings. The highest BCUT2D eigenvalue weighted by Crippen LogP contribution is 2.37. The van der Waals surface area contributed by atoms with Crippen LogP contribution in [0.4, 0.5) is 0 Å². The summed E-state index contributed by atoms with van der Waals surface area (Å²) in [6, 6.07) is 0. The number of halogens is 1. The molecule has 2 heterocycles. The molecule has 120 valence electrons. The normalized spacial score (nSPS) is 11.2. The van der Waals surface area contributed by atoms with Crippen LogP contribution in [0.2, 0.25) is 5.15 Å². The molecule has 0 N–H and O–H groups in total. The van der Waals surface area contributed by atoms with Gasteiger partial charge < -0.3 is 14.0 Å². The number of nitrogens with zero attached hydrogens (tertiary/aromatic N) is 3. The number of aromatic nitrogens is 3. The molecule has 0 aliphatic heterocycles. The Bertz CT molecular complexity index is 710. The average molecular weight is 326 g/mol. The molecule has 0 aliphatic carbocycles. The molecular formula is C15H20ClN3O3. The maximum atomic E-state index is 12.3. The van der Waals surface area contributed by atoms with Gasteiger partial charge in [-0.3, -0.25) is 0 Å². The van der Waals surface area contributed by atoms with Crippen LogP contribution in [0.5, 0.6) is 5.75 Å². The van der Waals surface area contributed by atoms with Crippen molar-refractivity contribution in [2.75, 3.05) is 6.61 Å². The van der Waals surface area contributed by atoms with Crippen LogP contribution in [0.1, 0.15) is 44.0 Å². The molecule has 0 unspecified atom stereocenters. The van der Waals surface area contributed by atoms with Crippen LogP contribution in [0, 0.1) is 0 Å². The van der Waals surface area contributed by atoms with E-state index in [-0.39, 0.29) is 17.9 Å². The van der Waals surface area contributed by atoms with Crippen molar-refractivity contribution in [2.24, 2.45) is 7.05 Å².